The molecule has 1 heterocycles. The molecule has 1 N–H and O–H groups in total. The SMILES string of the molecule is COc1ccc(NC(=O)c2ccc(-c3cc(C(F)(F)F)nn3-c3ccccc3Cl)cc2)c(C)c1. The topological polar surface area (TPSA) is 56.1 Å². The van der Waals surface area contributed by atoms with E-state index in [1.165, 1.54) is 0 Å². The highest BCUT2D eigenvalue weighted by Gasteiger charge is 2.35. The quantitative estimate of drug-likeness (QED) is 0.339. The van der Waals surface area contributed by atoms with Crippen molar-refractivity contribution >= 4 is 23.2 Å². The second-order valence-electron chi connectivity index (χ2n) is 7.49. The average molecular weight is 486 g/mol. The van der Waals surface area contributed by atoms with Crippen molar-refractivity contribution in [2.45, 2.75) is 13.1 Å². The Balaban J connectivity index is 1.66. The monoisotopic (exact) mass is 485 g/mol. The maximum absolute atomic E-state index is 13.4. The fourth-order valence-corrected chi connectivity index (χ4v) is 3.64. The van der Waals surface area contributed by atoms with Crippen LogP contribution in [0.4, 0.5) is 18.9 Å². The molecule has 0 saturated heterocycles. The van der Waals surface area contributed by atoms with Crippen molar-refractivity contribution < 1.29 is 22.7 Å². The van der Waals surface area contributed by atoms with Crippen LogP contribution in [-0.4, -0.2) is 22.8 Å². The van der Waals surface area contributed by atoms with Crippen LogP contribution in [0.3, 0.4) is 0 Å². The maximum atomic E-state index is 13.4. The number of carbonyl (C=O) groups excluding carboxylic acids is 1. The highest BCUT2D eigenvalue weighted by Crippen LogP contribution is 2.34. The summed E-state index contributed by atoms with van der Waals surface area (Å²) in [4.78, 5) is 12.7. The first-order chi connectivity index (χ1) is 16.2. The summed E-state index contributed by atoms with van der Waals surface area (Å²) in [5, 5.41) is 6.83. The number of halogens is 4. The first-order valence-electron chi connectivity index (χ1n) is 10.2. The zero-order valence-corrected chi connectivity index (χ0v) is 18.9. The smallest absolute Gasteiger partial charge is 0.435 e. The molecule has 174 valence electrons. The molecule has 4 aromatic rings. The van der Waals surface area contributed by atoms with Crippen LogP contribution in [0.25, 0.3) is 16.9 Å². The molecule has 0 radical (unpaired) electrons. The zero-order chi connectivity index (χ0) is 24.5. The number of benzene rings is 3. The highest BCUT2D eigenvalue weighted by molar-refractivity contribution is 6.32. The normalized spacial score (nSPS) is 11.4. The average Bonchev–Trinajstić information content (AvgIpc) is 3.26. The van der Waals surface area contributed by atoms with Gasteiger partial charge >= 0.3 is 6.18 Å². The number of aryl methyl sites for hydroxylation is 1. The molecular weight excluding hydrogens is 467 g/mol. The summed E-state index contributed by atoms with van der Waals surface area (Å²) in [6.45, 7) is 1.84. The van der Waals surface area contributed by atoms with Crippen molar-refractivity contribution in [2.24, 2.45) is 0 Å². The second kappa shape index (κ2) is 9.23. The Bertz CT molecular complexity index is 1350. The number of carbonyl (C=O) groups is 1. The molecule has 0 atom stereocenters. The van der Waals surface area contributed by atoms with Gasteiger partial charge in [0, 0.05) is 16.8 Å². The van der Waals surface area contributed by atoms with Crippen LogP contribution >= 0.6 is 11.6 Å². The van der Waals surface area contributed by atoms with Crippen molar-refractivity contribution in [3.63, 3.8) is 0 Å². The van der Waals surface area contributed by atoms with Crippen LogP contribution in [0.5, 0.6) is 5.75 Å². The van der Waals surface area contributed by atoms with E-state index in [0.717, 1.165) is 16.3 Å². The van der Waals surface area contributed by atoms with E-state index in [-0.39, 0.29) is 16.6 Å². The summed E-state index contributed by atoms with van der Waals surface area (Å²) >= 11 is 6.21. The number of nitrogens with zero attached hydrogens (tertiary/aromatic N) is 2. The number of amides is 1. The molecule has 0 aliphatic carbocycles. The number of alkyl halides is 3. The third kappa shape index (κ3) is 4.77. The van der Waals surface area contributed by atoms with E-state index in [1.807, 2.05) is 6.92 Å². The first-order valence-corrected chi connectivity index (χ1v) is 10.5. The van der Waals surface area contributed by atoms with Crippen LogP contribution in [0.15, 0.2) is 72.8 Å². The largest absolute Gasteiger partial charge is 0.497 e. The molecule has 0 bridgehead atoms. The van der Waals surface area contributed by atoms with Gasteiger partial charge in [-0.05, 0) is 61.0 Å². The van der Waals surface area contributed by atoms with E-state index in [9.17, 15) is 18.0 Å². The summed E-state index contributed by atoms with van der Waals surface area (Å²) in [6, 6.07) is 18.9. The van der Waals surface area contributed by atoms with Gasteiger partial charge in [0.2, 0.25) is 0 Å². The lowest BCUT2D eigenvalue weighted by Crippen LogP contribution is -2.12. The zero-order valence-electron chi connectivity index (χ0n) is 18.2. The maximum Gasteiger partial charge on any atom is 0.435 e. The van der Waals surface area contributed by atoms with Gasteiger partial charge in [-0.15, -0.1) is 0 Å². The number of hydrogen-bond acceptors (Lipinski definition) is 3. The van der Waals surface area contributed by atoms with Crippen molar-refractivity contribution in [3.05, 3.63) is 94.6 Å². The first kappa shape index (κ1) is 23.4. The molecule has 0 aliphatic rings. The van der Waals surface area contributed by atoms with Gasteiger partial charge in [0.05, 0.1) is 23.5 Å². The molecule has 9 heteroatoms. The Kier molecular flexibility index (Phi) is 6.34. The molecule has 34 heavy (non-hydrogen) atoms. The van der Waals surface area contributed by atoms with Crippen LogP contribution in [0.1, 0.15) is 21.6 Å². The van der Waals surface area contributed by atoms with Gasteiger partial charge < -0.3 is 10.1 Å². The molecule has 0 aliphatic heterocycles. The van der Waals surface area contributed by atoms with E-state index in [2.05, 4.69) is 10.4 Å². The van der Waals surface area contributed by atoms with Crippen LogP contribution in [-0.2, 0) is 6.18 Å². The minimum absolute atomic E-state index is 0.193. The molecule has 4 rings (SSSR count). The van der Waals surface area contributed by atoms with Crippen molar-refractivity contribution in [1.29, 1.82) is 0 Å². The van der Waals surface area contributed by atoms with E-state index in [0.29, 0.717) is 28.3 Å². The van der Waals surface area contributed by atoms with Crippen molar-refractivity contribution in [1.82, 2.24) is 9.78 Å². The van der Waals surface area contributed by atoms with Gasteiger partial charge in [-0.3, -0.25) is 4.79 Å². The molecule has 0 spiro atoms. The molecule has 3 aromatic carbocycles. The molecule has 1 amide bonds. The fourth-order valence-electron chi connectivity index (χ4n) is 3.42. The lowest BCUT2D eigenvalue weighted by molar-refractivity contribution is -0.141. The molecule has 0 unspecified atom stereocenters. The van der Waals surface area contributed by atoms with Crippen LogP contribution in [0.2, 0.25) is 5.02 Å². The molecule has 5 nitrogen and oxygen atoms in total. The number of hydrogen-bond donors (Lipinski definition) is 1. The number of methoxy groups -OCH3 is 1. The van der Waals surface area contributed by atoms with E-state index >= 15 is 0 Å². The summed E-state index contributed by atoms with van der Waals surface area (Å²) in [5.41, 5.74) is 1.71. The Morgan fingerprint density at radius 1 is 1.03 bits per heavy atom. The summed E-state index contributed by atoms with van der Waals surface area (Å²) in [7, 11) is 1.56. The summed E-state index contributed by atoms with van der Waals surface area (Å²) in [5.74, 6) is 0.323. The number of anilines is 1. The van der Waals surface area contributed by atoms with E-state index in [4.69, 9.17) is 16.3 Å². The van der Waals surface area contributed by atoms with Gasteiger partial charge in [0.15, 0.2) is 5.69 Å². The molecule has 0 fully saturated rings. The molecular formula is C25H19ClF3N3O2. The second-order valence-corrected chi connectivity index (χ2v) is 7.90. The Morgan fingerprint density at radius 2 is 1.74 bits per heavy atom. The Labute approximate surface area is 198 Å². The van der Waals surface area contributed by atoms with Crippen molar-refractivity contribution in [2.75, 3.05) is 12.4 Å². The minimum atomic E-state index is -4.63. The summed E-state index contributed by atoms with van der Waals surface area (Å²) in [6.07, 6.45) is -4.63. The number of ether oxygens (including phenoxy) is 1. The molecule has 1 aromatic heterocycles. The van der Waals surface area contributed by atoms with Gasteiger partial charge in [0.25, 0.3) is 5.91 Å². The fraction of sp³-hybridized carbons (Fsp3) is 0.120. The minimum Gasteiger partial charge on any atom is -0.497 e. The van der Waals surface area contributed by atoms with Gasteiger partial charge in [-0.2, -0.15) is 18.3 Å². The van der Waals surface area contributed by atoms with Gasteiger partial charge in [-0.1, -0.05) is 35.9 Å². The molecule has 0 saturated carbocycles. The summed E-state index contributed by atoms with van der Waals surface area (Å²) < 4.78 is 46.5. The number of nitrogens with one attached hydrogen (secondary N) is 1. The standard InChI is InChI=1S/C25H19ClF3N3O2/c1-15-13-18(34-2)11-12-20(15)30-24(33)17-9-7-16(8-10-17)22-14-23(25(27,28)29)31-32(22)21-6-4-3-5-19(21)26/h3-14H,1-2H3,(H,30,33). The Hall–Kier alpha value is -3.78. The number of para-hydroxylation sites is 1. The predicted molar refractivity (Wildman–Crippen MR) is 125 cm³/mol. The van der Waals surface area contributed by atoms with E-state index in [1.54, 1.807) is 73.8 Å². The van der Waals surface area contributed by atoms with Gasteiger partial charge in [0.1, 0.15) is 5.75 Å². The van der Waals surface area contributed by atoms with Gasteiger partial charge in [-0.25, -0.2) is 4.68 Å². The lowest BCUT2D eigenvalue weighted by Gasteiger charge is -2.11. The number of aromatic nitrogens is 2. The lowest BCUT2D eigenvalue weighted by atomic mass is 10.1. The number of rotatable bonds is 5. The third-order valence-electron chi connectivity index (χ3n) is 5.21. The van der Waals surface area contributed by atoms with Crippen LogP contribution < -0.4 is 10.1 Å². The van der Waals surface area contributed by atoms with Crippen molar-refractivity contribution in [3.8, 4) is 22.7 Å². The van der Waals surface area contributed by atoms with Crippen LogP contribution in [0, 0.1) is 6.92 Å². The van der Waals surface area contributed by atoms with E-state index < -0.39 is 11.9 Å². The third-order valence-corrected chi connectivity index (χ3v) is 5.52. The Morgan fingerprint density at radius 3 is 2.35 bits per heavy atom. The predicted octanol–water partition coefficient (Wildman–Crippen LogP) is 6.78. The highest BCUT2D eigenvalue weighted by atomic mass is 35.5.